The first-order valence-corrected chi connectivity index (χ1v) is 4.99. The number of rotatable bonds is 2. The van der Waals surface area contributed by atoms with E-state index in [0.717, 1.165) is 25.1 Å². The summed E-state index contributed by atoms with van der Waals surface area (Å²) in [6.07, 6.45) is 3.82. The zero-order valence-electron chi connectivity index (χ0n) is 8.36. The molecule has 0 unspecified atom stereocenters. The van der Waals surface area contributed by atoms with E-state index in [1.54, 1.807) is 6.08 Å². The number of benzene rings is 1. The van der Waals surface area contributed by atoms with Gasteiger partial charge in [0.05, 0.1) is 0 Å². The fourth-order valence-corrected chi connectivity index (χ4v) is 1.77. The summed E-state index contributed by atoms with van der Waals surface area (Å²) in [5.74, 6) is -0.908. The average molecular weight is 203 g/mol. The monoisotopic (exact) mass is 203 g/mol. The molecule has 15 heavy (non-hydrogen) atoms. The maximum absolute atomic E-state index is 10.4. The first-order valence-electron chi connectivity index (χ1n) is 4.99. The van der Waals surface area contributed by atoms with Gasteiger partial charge >= 0.3 is 5.97 Å². The fraction of sp³-hybridized carbons (Fsp3) is 0.250. The van der Waals surface area contributed by atoms with Crippen LogP contribution in [0.3, 0.4) is 0 Å². The predicted octanol–water partition coefficient (Wildman–Crippen LogP) is 1.43. The van der Waals surface area contributed by atoms with E-state index >= 15 is 0 Å². The molecule has 1 aliphatic heterocycles. The van der Waals surface area contributed by atoms with Gasteiger partial charge in [-0.2, -0.15) is 0 Å². The number of nitrogens with one attached hydrogen (secondary N) is 1. The van der Waals surface area contributed by atoms with Crippen LogP contribution in [0.15, 0.2) is 24.3 Å². The molecule has 0 atom stereocenters. The minimum Gasteiger partial charge on any atom is -0.478 e. The maximum atomic E-state index is 10.4. The molecule has 1 aromatic carbocycles. The maximum Gasteiger partial charge on any atom is 0.328 e. The first kappa shape index (κ1) is 9.93. The van der Waals surface area contributed by atoms with Crippen LogP contribution in [0.25, 0.3) is 6.08 Å². The van der Waals surface area contributed by atoms with Crippen LogP contribution in [-0.2, 0) is 17.8 Å². The molecule has 2 rings (SSSR count). The summed E-state index contributed by atoms with van der Waals surface area (Å²) in [7, 11) is 0. The van der Waals surface area contributed by atoms with Crippen LogP contribution in [-0.4, -0.2) is 17.6 Å². The van der Waals surface area contributed by atoms with E-state index in [1.807, 2.05) is 6.07 Å². The Bertz CT molecular complexity index is 410. The zero-order chi connectivity index (χ0) is 10.7. The minimum absolute atomic E-state index is 0.908. The highest BCUT2D eigenvalue weighted by Crippen LogP contribution is 2.16. The summed E-state index contributed by atoms with van der Waals surface area (Å²) in [5, 5.41) is 11.8. The summed E-state index contributed by atoms with van der Waals surface area (Å²) < 4.78 is 0. The standard InChI is InChI=1S/C12H13NO2/c14-12(15)4-2-9-1-3-11-8-13-6-5-10(11)7-9/h1-4,7,13H,5-6,8H2,(H,14,15). The third-order valence-electron chi connectivity index (χ3n) is 2.54. The molecule has 0 radical (unpaired) electrons. The highest BCUT2D eigenvalue weighted by Gasteiger charge is 2.07. The molecule has 3 nitrogen and oxygen atoms in total. The quantitative estimate of drug-likeness (QED) is 0.715. The largest absolute Gasteiger partial charge is 0.478 e. The van der Waals surface area contributed by atoms with Gasteiger partial charge in [0.25, 0.3) is 0 Å². The summed E-state index contributed by atoms with van der Waals surface area (Å²) >= 11 is 0. The number of carboxylic acid groups (broad SMARTS) is 1. The van der Waals surface area contributed by atoms with Crippen molar-refractivity contribution in [2.24, 2.45) is 0 Å². The van der Waals surface area contributed by atoms with Crippen LogP contribution in [0.4, 0.5) is 0 Å². The number of hydrogen-bond donors (Lipinski definition) is 2. The van der Waals surface area contributed by atoms with Crippen molar-refractivity contribution in [1.29, 1.82) is 0 Å². The first-order chi connectivity index (χ1) is 7.25. The van der Waals surface area contributed by atoms with Gasteiger partial charge < -0.3 is 10.4 Å². The molecule has 78 valence electrons. The number of hydrogen-bond acceptors (Lipinski definition) is 2. The summed E-state index contributed by atoms with van der Waals surface area (Å²) in [5.41, 5.74) is 3.59. The van der Waals surface area contributed by atoms with Crippen molar-refractivity contribution in [3.8, 4) is 0 Å². The Morgan fingerprint density at radius 2 is 2.27 bits per heavy atom. The van der Waals surface area contributed by atoms with Gasteiger partial charge in [-0.1, -0.05) is 18.2 Å². The van der Waals surface area contributed by atoms with Gasteiger partial charge in [0.15, 0.2) is 0 Å². The molecule has 0 aliphatic carbocycles. The van der Waals surface area contributed by atoms with Crippen molar-refractivity contribution in [1.82, 2.24) is 5.32 Å². The van der Waals surface area contributed by atoms with Crippen molar-refractivity contribution >= 4 is 12.0 Å². The molecule has 0 aromatic heterocycles. The van der Waals surface area contributed by atoms with Crippen LogP contribution in [0, 0.1) is 0 Å². The highest BCUT2D eigenvalue weighted by atomic mass is 16.4. The average Bonchev–Trinajstić information content (AvgIpc) is 2.26. The van der Waals surface area contributed by atoms with E-state index in [9.17, 15) is 4.79 Å². The van der Waals surface area contributed by atoms with Crippen LogP contribution < -0.4 is 5.32 Å². The second-order valence-electron chi connectivity index (χ2n) is 3.63. The Morgan fingerprint density at radius 3 is 3.07 bits per heavy atom. The van der Waals surface area contributed by atoms with E-state index in [1.165, 1.54) is 17.2 Å². The topological polar surface area (TPSA) is 49.3 Å². The zero-order valence-corrected chi connectivity index (χ0v) is 8.36. The van der Waals surface area contributed by atoms with Gasteiger partial charge in [0.1, 0.15) is 0 Å². The molecule has 0 saturated carbocycles. The summed E-state index contributed by atoms with van der Waals surface area (Å²) in [6.45, 7) is 1.91. The van der Waals surface area contributed by atoms with Crippen LogP contribution in [0.1, 0.15) is 16.7 Å². The lowest BCUT2D eigenvalue weighted by Crippen LogP contribution is -2.23. The molecule has 0 bridgehead atoms. The van der Waals surface area contributed by atoms with Crippen molar-refractivity contribution in [2.75, 3.05) is 6.54 Å². The molecular formula is C12H13NO2. The highest BCUT2D eigenvalue weighted by molar-refractivity contribution is 5.85. The number of carboxylic acids is 1. The summed E-state index contributed by atoms with van der Waals surface area (Å²) in [4.78, 5) is 10.4. The van der Waals surface area contributed by atoms with Gasteiger partial charge in [0.2, 0.25) is 0 Å². The lowest BCUT2D eigenvalue weighted by Gasteiger charge is -2.17. The van der Waals surface area contributed by atoms with Gasteiger partial charge in [-0.05, 0) is 35.7 Å². The summed E-state index contributed by atoms with van der Waals surface area (Å²) in [6, 6.07) is 6.07. The molecule has 0 fully saturated rings. The number of aliphatic carboxylic acids is 1. The minimum atomic E-state index is -0.908. The molecule has 0 amide bonds. The van der Waals surface area contributed by atoms with Crippen molar-refractivity contribution < 1.29 is 9.90 Å². The van der Waals surface area contributed by atoms with Crippen LogP contribution >= 0.6 is 0 Å². The molecule has 0 saturated heterocycles. The normalized spacial score (nSPS) is 15.2. The van der Waals surface area contributed by atoms with Crippen LogP contribution in [0.2, 0.25) is 0 Å². The predicted molar refractivity (Wildman–Crippen MR) is 58.5 cm³/mol. The van der Waals surface area contributed by atoms with Crippen molar-refractivity contribution in [2.45, 2.75) is 13.0 Å². The Hall–Kier alpha value is -1.61. The second-order valence-corrected chi connectivity index (χ2v) is 3.63. The third kappa shape index (κ3) is 2.44. The van der Waals surface area contributed by atoms with Crippen molar-refractivity contribution in [3.05, 3.63) is 41.0 Å². The lowest BCUT2D eigenvalue weighted by molar-refractivity contribution is -0.131. The van der Waals surface area contributed by atoms with Gasteiger partial charge in [-0.15, -0.1) is 0 Å². The fourth-order valence-electron chi connectivity index (χ4n) is 1.77. The smallest absolute Gasteiger partial charge is 0.328 e. The molecule has 1 heterocycles. The Labute approximate surface area is 88.4 Å². The SMILES string of the molecule is O=C(O)C=Cc1ccc2c(c1)CCNC2. The van der Waals surface area contributed by atoms with Crippen molar-refractivity contribution in [3.63, 3.8) is 0 Å². The van der Waals surface area contributed by atoms with Gasteiger partial charge in [0, 0.05) is 12.6 Å². The molecular weight excluding hydrogens is 190 g/mol. The lowest BCUT2D eigenvalue weighted by atomic mass is 9.98. The van der Waals surface area contributed by atoms with Gasteiger partial charge in [-0.25, -0.2) is 4.79 Å². The van der Waals surface area contributed by atoms with E-state index in [-0.39, 0.29) is 0 Å². The van der Waals surface area contributed by atoms with Gasteiger partial charge in [-0.3, -0.25) is 0 Å². The van der Waals surface area contributed by atoms with E-state index in [4.69, 9.17) is 5.11 Å². The Morgan fingerprint density at radius 1 is 1.40 bits per heavy atom. The molecule has 1 aliphatic rings. The van der Waals surface area contributed by atoms with E-state index < -0.39 is 5.97 Å². The number of carbonyl (C=O) groups is 1. The van der Waals surface area contributed by atoms with Crippen LogP contribution in [0.5, 0.6) is 0 Å². The van der Waals surface area contributed by atoms with E-state index in [0.29, 0.717) is 0 Å². The molecule has 0 spiro atoms. The third-order valence-corrected chi connectivity index (χ3v) is 2.54. The Kier molecular flexibility index (Phi) is 2.83. The second kappa shape index (κ2) is 4.28. The molecule has 1 aromatic rings. The molecule has 3 heteroatoms. The van der Waals surface area contributed by atoms with E-state index in [2.05, 4.69) is 17.4 Å². The Balaban J connectivity index is 2.24. The number of fused-ring (bicyclic) bond motifs is 1. The molecule has 2 N–H and O–H groups in total.